The van der Waals surface area contributed by atoms with Gasteiger partial charge in [-0.1, -0.05) is 20.4 Å². The molecular weight excluding hydrogens is 196 g/mol. The van der Waals surface area contributed by atoms with Gasteiger partial charge in [0.05, 0.1) is 5.70 Å². The number of nitrogens with one attached hydrogen (secondary N) is 1. The van der Waals surface area contributed by atoms with Gasteiger partial charge in [-0.05, 0) is 5.92 Å². The highest BCUT2D eigenvalue weighted by atomic mass is 16.2. The van der Waals surface area contributed by atoms with Crippen LogP contribution in [0.15, 0.2) is 12.3 Å². The number of carbonyl (C=O) groups excluding carboxylic acids is 3. The Morgan fingerprint density at radius 1 is 1.47 bits per heavy atom. The topological polar surface area (TPSA) is 66.5 Å². The Kier molecular flexibility index (Phi) is 2.93. The lowest BCUT2D eigenvalue weighted by molar-refractivity contribution is -0.153. The van der Waals surface area contributed by atoms with Crippen LogP contribution in [0.1, 0.15) is 20.8 Å². The minimum Gasteiger partial charge on any atom is -0.320 e. The van der Waals surface area contributed by atoms with Crippen LogP contribution >= 0.6 is 0 Å². The monoisotopic (exact) mass is 210 g/mol. The van der Waals surface area contributed by atoms with E-state index in [9.17, 15) is 14.4 Å². The minimum atomic E-state index is -0.736. The highest BCUT2D eigenvalue weighted by Crippen LogP contribution is 2.18. The Bertz CT molecular complexity index is 347. The molecule has 0 aliphatic carbocycles. The van der Waals surface area contributed by atoms with E-state index in [0.29, 0.717) is 0 Å². The average Bonchev–Trinajstić information content (AvgIpc) is 2.09. The van der Waals surface area contributed by atoms with Gasteiger partial charge in [0, 0.05) is 6.92 Å². The largest absolute Gasteiger partial charge is 0.320 e. The summed E-state index contributed by atoms with van der Waals surface area (Å²) in [5.74, 6) is -1.44. The maximum absolute atomic E-state index is 11.6. The fraction of sp³-hybridized carbons (Fsp3) is 0.500. The quantitative estimate of drug-likeness (QED) is 0.621. The third-order valence-electron chi connectivity index (χ3n) is 2.27. The van der Waals surface area contributed by atoms with Crippen molar-refractivity contribution in [3.8, 4) is 0 Å². The van der Waals surface area contributed by atoms with E-state index in [1.807, 2.05) is 0 Å². The summed E-state index contributed by atoms with van der Waals surface area (Å²) >= 11 is 0. The molecule has 1 fully saturated rings. The fourth-order valence-electron chi connectivity index (χ4n) is 1.60. The summed E-state index contributed by atoms with van der Waals surface area (Å²) in [6.45, 7) is 8.22. The van der Waals surface area contributed by atoms with Crippen molar-refractivity contribution in [1.82, 2.24) is 10.2 Å². The summed E-state index contributed by atoms with van der Waals surface area (Å²) in [7, 11) is 0. The van der Waals surface area contributed by atoms with Crippen molar-refractivity contribution in [2.24, 2.45) is 5.92 Å². The lowest BCUT2D eigenvalue weighted by Gasteiger charge is -2.35. The van der Waals surface area contributed by atoms with Gasteiger partial charge >= 0.3 is 0 Å². The lowest BCUT2D eigenvalue weighted by atomic mass is 9.98. The molecule has 1 unspecified atom stereocenters. The van der Waals surface area contributed by atoms with Crippen LogP contribution < -0.4 is 5.32 Å². The summed E-state index contributed by atoms with van der Waals surface area (Å²) in [6.07, 6.45) is 0. The maximum Gasteiger partial charge on any atom is 0.277 e. The summed E-state index contributed by atoms with van der Waals surface area (Å²) in [6, 6.07) is -0.736. The van der Waals surface area contributed by atoms with Crippen molar-refractivity contribution < 1.29 is 14.4 Å². The lowest BCUT2D eigenvalue weighted by Crippen LogP contribution is -2.60. The average molecular weight is 210 g/mol. The Morgan fingerprint density at radius 3 is 2.40 bits per heavy atom. The van der Waals surface area contributed by atoms with E-state index in [4.69, 9.17) is 0 Å². The fourth-order valence-corrected chi connectivity index (χ4v) is 1.60. The predicted octanol–water partition coefficient (Wildman–Crippen LogP) is 0.0296. The van der Waals surface area contributed by atoms with Gasteiger partial charge in [0.2, 0.25) is 11.8 Å². The molecule has 0 aromatic carbocycles. The van der Waals surface area contributed by atoms with Crippen molar-refractivity contribution in [3.63, 3.8) is 0 Å². The first-order valence-corrected chi connectivity index (χ1v) is 4.70. The number of rotatable bonds is 1. The summed E-state index contributed by atoms with van der Waals surface area (Å²) < 4.78 is 0. The molecule has 0 saturated carbocycles. The van der Waals surface area contributed by atoms with Crippen LogP contribution in [0.5, 0.6) is 0 Å². The van der Waals surface area contributed by atoms with Crippen LogP contribution in [0, 0.1) is 5.92 Å². The number of amides is 3. The molecule has 1 aliphatic heterocycles. The number of imide groups is 1. The number of piperazine rings is 1. The number of nitrogens with zero attached hydrogens (tertiary/aromatic N) is 1. The standard InChI is InChI=1S/C10H14N2O3/c1-5(2)8-9(14)11-6(3)10(15)12(8)7(4)13/h5,8H,3H2,1-2,4H3,(H,11,14). The molecular formula is C10H14N2O3. The van der Waals surface area contributed by atoms with Crippen LogP contribution in [0.3, 0.4) is 0 Å². The molecule has 82 valence electrons. The molecule has 0 aromatic heterocycles. The van der Waals surface area contributed by atoms with Crippen LogP contribution in [0.4, 0.5) is 0 Å². The van der Waals surface area contributed by atoms with E-state index in [0.717, 1.165) is 4.90 Å². The highest BCUT2D eigenvalue weighted by Gasteiger charge is 2.40. The van der Waals surface area contributed by atoms with E-state index in [1.54, 1.807) is 13.8 Å². The molecule has 0 bridgehead atoms. The zero-order valence-electron chi connectivity index (χ0n) is 9.03. The van der Waals surface area contributed by atoms with Crippen molar-refractivity contribution in [2.75, 3.05) is 0 Å². The highest BCUT2D eigenvalue weighted by molar-refractivity contribution is 6.11. The molecule has 1 N–H and O–H groups in total. The second kappa shape index (κ2) is 3.84. The van der Waals surface area contributed by atoms with Gasteiger partial charge in [0.1, 0.15) is 6.04 Å². The summed E-state index contributed by atoms with van der Waals surface area (Å²) in [5, 5.41) is 2.37. The van der Waals surface area contributed by atoms with Gasteiger partial charge in [-0.3, -0.25) is 19.3 Å². The Labute approximate surface area is 88.1 Å². The second-order valence-corrected chi connectivity index (χ2v) is 3.85. The first kappa shape index (κ1) is 11.4. The van der Waals surface area contributed by atoms with Gasteiger partial charge < -0.3 is 5.32 Å². The molecule has 0 aromatic rings. The molecule has 15 heavy (non-hydrogen) atoms. The number of hydrogen-bond donors (Lipinski definition) is 1. The molecule has 1 atom stereocenters. The van der Waals surface area contributed by atoms with Crippen LogP contribution in [-0.2, 0) is 14.4 Å². The van der Waals surface area contributed by atoms with Crippen molar-refractivity contribution in [2.45, 2.75) is 26.8 Å². The molecule has 1 saturated heterocycles. The zero-order valence-corrected chi connectivity index (χ0v) is 9.03. The smallest absolute Gasteiger partial charge is 0.277 e. The Hall–Kier alpha value is -1.65. The van der Waals surface area contributed by atoms with Crippen LogP contribution in [0.2, 0.25) is 0 Å². The number of hydrogen-bond acceptors (Lipinski definition) is 3. The van der Waals surface area contributed by atoms with Crippen LogP contribution in [0.25, 0.3) is 0 Å². The van der Waals surface area contributed by atoms with E-state index in [1.165, 1.54) is 6.92 Å². The third kappa shape index (κ3) is 1.91. The Balaban J connectivity index is 3.11. The van der Waals surface area contributed by atoms with E-state index < -0.39 is 17.9 Å². The van der Waals surface area contributed by atoms with Crippen LogP contribution in [-0.4, -0.2) is 28.7 Å². The predicted molar refractivity (Wildman–Crippen MR) is 53.4 cm³/mol. The van der Waals surface area contributed by atoms with Crippen molar-refractivity contribution in [1.29, 1.82) is 0 Å². The zero-order chi connectivity index (χ0) is 11.7. The van der Waals surface area contributed by atoms with Gasteiger partial charge in [-0.25, -0.2) is 0 Å². The molecule has 5 heteroatoms. The van der Waals surface area contributed by atoms with Gasteiger partial charge in [0.25, 0.3) is 5.91 Å². The normalized spacial score (nSPS) is 22.0. The summed E-state index contributed by atoms with van der Waals surface area (Å²) in [4.78, 5) is 35.5. The molecule has 1 aliphatic rings. The molecule has 5 nitrogen and oxygen atoms in total. The molecule has 1 rings (SSSR count). The first-order chi connectivity index (χ1) is 6.86. The first-order valence-electron chi connectivity index (χ1n) is 4.70. The van der Waals surface area contributed by atoms with Gasteiger partial charge in [-0.15, -0.1) is 0 Å². The molecule has 0 spiro atoms. The molecule has 3 amide bonds. The SMILES string of the molecule is C=C1NC(=O)C(C(C)C)N(C(C)=O)C1=O. The Morgan fingerprint density at radius 2 is 2.00 bits per heavy atom. The summed E-state index contributed by atoms with van der Waals surface area (Å²) in [5.41, 5.74) is -0.0490. The van der Waals surface area contributed by atoms with Gasteiger partial charge in [0.15, 0.2) is 0 Å². The van der Waals surface area contributed by atoms with Crippen molar-refractivity contribution in [3.05, 3.63) is 12.3 Å². The van der Waals surface area contributed by atoms with E-state index in [2.05, 4.69) is 11.9 Å². The van der Waals surface area contributed by atoms with Gasteiger partial charge in [-0.2, -0.15) is 0 Å². The minimum absolute atomic E-state index is 0.0490. The molecule has 1 heterocycles. The van der Waals surface area contributed by atoms with E-state index in [-0.39, 0.29) is 17.5 Å². The van der Waals surface area contributed by atoms with Crippen molar-refractivity contribution >= 4 is 17.7 Å². The second-order valence-electron chi connectivity index (χ2n) is 3.85. The third-order valence-corrected chi connectivity index (χ3v) is 2.27. The maximum atomic E-state index is 11.6. The number of carbonyl (C=O) groups is 3. The molecule has 0 radical (unpaired) electrons. The van der Waals surface area contributed by atoms with E-state index >= 15 is 0 Å².